The van der Waals surface area contributed by atoms with Crippen LogP contribution in [0.25, 0.3) is 0 Å². The molecule has 1 aromatic heterocycles. The van der Waals surface area contributed by atoms with E-state index in [-0.39, 0.29) is 0 Å². The van der Waals surface area contributed by atoms with E-state index in [1.54, 1.807) is 50.6 Å². The first-order valence-electron chi connectivity index (χ1n) is 8.87. The van der Waals surface area contributed by atoms with Gasteiger partial charge < -0.3 is 29.2 Å². The molecule has 1 heterocycles. The highest BCUT2D eigenvalue weighted by Crippen LogP contribution is 2.44. The van der Waals surface area contributed by atoms with Gasteiger partial charge in [0.05, 0.1) is 38.2 Å². The third-order valence-electron chi connectivity index (χ3n) is 4.60. The van der Waals surface area contributed by atoms with E-state index in [1.165, 1.54) is 36.9 Å². The molecule has 2 N–H and O–H groups in total. The van der Waals surface area contributed by atoms with Crippen LogP contribution in [0.15, 0.2) is 36.4 Å². The van der Waals surface area contributed by atoms with Gasteiger partial charge in [0.1, 0.15) is 38.3 Å². The molecular weight excluding hydrogens is 444 g/mol. The van der Waals surface area contributed by atoms with Crippen molar-refractivity contribution in [3.8, 4) is 23.0 Å². The monoisotopic (exact) mass is 466 g/mol. The average molecular weight is 467 g/mol. The number of methoxy groups -OCH3 is 4. The Morgan fingerprint density at radius 3 is 1.43 bits per heavy atom. The van der Waals surface area contributed by atoms with Crippen LogP contribution in [-0.4, -0.2) is 38.7 Å². The van der Waals surface area contributed by atoms with Gasteiger partial charge in [-0.05, 0) is 24.3 Å². The maximum atomic E-state index is 11.2. The Morgan fingerprint density at radius 2 is 1.10 bits per heavy atom. The summed E-state index contributed by atoms with van der Waals surface area (Å²) in [5.41, 5.74) is 1.11. The standard InChI is InChI=1S/C21H22O6S3/c1-24-11-5-7-13(15(9-11)26-3)17(22)19-20(30-21(28)29-19)18(23)14-8-6-12(25-2)10-16(14)27-4/h5-10,17-18,22-23H,1-4H3. The van der Waals surface area contributed by atoms with Gasteiger partial charge in [0.2, 0.25) is 0 Å². The number of rotatable bonds is 8. The normalized spacial score (nSPS) is 12.9. The van der Waals surface area contributed by atoms with Crippen molar-refractivity contribution < 1.29 is 29.2 Å². The highest BCUT2D eigenvalue weighted by Gasteiger charge is 2.27. The highest BCUT2D eigenvalue weighted by atomic mass is 32.2. The lowest BCUT2D eigenvalue weighted by Crippen LogP contribution is -2.07. The molecule has 0 spiro atoms. The maximum absolute atomic E-state index is 11.2. The molecule has 2 unspecified atom stereocenters. The molecule has 9 heteroatoms. The SMILES string of the molecule is COc1ccc(C(O)c2sc(=S)sc2C(O)c2ccc(OC)cc2OC)c(OC)c1. The summed E-state index contributed by atoms with van der Waals surface area (Å²) in [7, 11) is 6.18. The molecular formula is C21H22O6S3. The van der Waals surface area contributed by atoms with Crippen molar-refractivity contribution in [2.45, 2.75) is 12.2 Å². The Hall–Kier alpha value is -2.17. The van der Waals surface area contributed by atoms with Gasteiger partial charge in [0.15, 0.2) is 0 Å². The molecule has 0 fully saturated rings. The van der Waals surface area contributed by atoms with Crippen LogP contribution >= 0.6 is 34.9 Å². The fourth-order valence-electron chi connectivity index (χ4n) is 3.05. The summed E-state index contributed by atoms with van der Waals surface area (Å²) < 4.78 is 21.9. The van der Waals surface area contributed by atoms with Crippen LogP contribution in [0.5, 0.6) is 23.0 Å². The molecule has 3 aromatic rings. The van der Waals surface area contributed by atoms with E-state index >= 15 is 0 Å². The van der Waals surface area contributed by atoms with Crippen LogP contribution in [0.3, 0.4) is 0 Å². The molecule has 6 nitrogen and oxygen atoms in total. The van der Waals surface area contributed by atoms with Gasteiger partial charge in [-0.2, -0.15) is 0 Å². The number of hydrogen-bond donors (Lipinski definition) is 2. The van der Waals surface area contributed by atoms with Crippen LogP contribution in [0.4, 0.5) is 0 Å². The largest absolute Gasteiger partial charge is 0.497 e. The number of benzene rings is 2. The smallest absolute Gasteiger partial charge is 0.144 e. The molecule has 0 aliphatic rings. The molecule has 30 heavy (non-hydrogen) atoms. The van der Waals surface area contributed by atoms with E-state index in [2.05, 4.69) is 0 Å². The molecule has 0 aliphatic heterocycles. The Balaban J connectivity index is 2.06. The maximum Gasteiger partial charge on any atom is 0.144 e. The fraction of sp³-hybridized carbons (Fsp3) is 0.286. The molecule has 2 aromatic carbocycles. The third-order valence-corrected chi connectivity index (χ3v) is 7.39. The Kier molecular flexibility index (Phi) is 7.32. The minimum absolute atomic E-state index is 0.480. The van der Waals surface area contributed by atoms with E-state index in [0.29, 0.717) is 47.0 Å². The number of ether oxygens (including phenoxy) is 4. The van der Waals surface area contributed by atoms with E-state index in [9.17, 15) is 10.2 Å². The lowest BCUT2D eigenvalue weighted by molar-refractivity contribution is 0.197. The molecule has 0 saturated carbocycles. The Morgan fingerprint density at radius 1 is 0.700 bits per heavy atom. The topological polar surface area (TPSA) is 77.4 Å². The first-order valence-corrected chi connectivity index (χ1v) is 10.9. The van der Waals surface area contributed by atoms with Crippen LogP contribution in [-0.2, 0) is 0 Å². The summed E-state index contributed by atoms with van der Waals surface area (Å²) in [6.07, 6.45) is -2.06. The average Bonchev–Trinajstić information content (AvgIpc) is 3.18. The molecule has 0 bridgehead atoms. The summed E-state index contributed by atoms with van der Waals surface area (Å²) in [6.45, 7) is 0. The minimum Gasteiger partial charge on any atom is -0.497 e. The van der Waals surface area contributed by atoms with Gasteiger partial charge in [-0.3, -0.25) is 0 Å². The van der Waals surface area contributed by atoms with Crippen molar-refractivity contribution in [1.82, 2.24) is 0 Å². The van der Waals surface area contributed by atoms with Crippen molar-refractivity contribution in [1.29, 1.82) is 0 Å². The van der Waals surface area contributed by atoms with Gasteiger partial charge in [-0.15, -0.1) is 22.7 Å². The van der Waals surface area contributed by atoms with E-state index in [0.717, 1.165) is 0 Å². The Bertz CT molecular complexity index is 993. The molecule has 160 valence electrons. The molecule has 2 atom stereocenters. The van der Waals surface area contributed by atoms with Crippen LogP contribution in [0, 0.1) is 3.14 Å². The summed E-state index contributed by atoms with van der Waals surface area (Å²) >= 11 is 7.90. The van der Waals surface area contributed by atoms with Gasteiger partial charge in [0, 0.05) is 23.3 Å². The zero-order chi connectivity index (χ0) is 21.8. The second-order valence-corrected chi connectivity index (χ2v) is 9.49. The van der Waals surface area contributed by atoms with Gasteiger partial charge in [-0.25, -0.2) is 0 Å². The van der Waals surface area contributed by atoms with Crippen molar-refractivity contribution >= 4 is 34.9 Å². The lowest BCUT2D eigenvalue weighted by Gasteiger charge is -2.19. The van der Waals surface area contributed by atoms with E-state index < -0.39 is 12.2 Å². The summed E-state index contributed by atoms with van der Waals surface area (Å²) in [5.74, 6) is 2.19. The van der Waals surface area contributed by atoms with Gasteiger partial charge in [0.25, 0.3) is 0 Å². The fourth-order valence-corrected chi connectivity index (χ4v) is 5.81. The van der Waals surface area contributed by atoms with Crippen molar-refractivity contribution in [2.24, 2.45) is 0 Å². The third kappa shape index (κ3) is 4.45. The van der Waals surface area contributed by atoms with Gasteiger partial charge in [-0.1, -0.05) is 12.2 Å². The summed E-state index contributed by atoms with van der Waals surface area (Å²) in [4.78, 5) is 1.11. The second-order valence-electron chi connectivity index (χ2n) is 6.20. The summed E-state index contributed by atoms with van der Waals surface area (Å²) in [6, 6.07) is 10.4. The van der Waals surface area contributed by atoms with Gasteiger partial charge >= 0.3 is 0 Å². The molecule has 3 rings (SSSR count). The quantitative estimate of drug-likeness (QED) is 0.465. The first-order chi connectivity index (χ1) is 14.4. The zero-order valence-corrected chi connectivity index (χ0v) is 19.3. The van der Waals surface area contributed by atoms with Crippen LogP contribution in [0.2, 0.25) is 0 Å². The number of hydrogen-bond acceptors (Lipinski definition) is 9. The molecule has 0 saturated heterocycles. The summed E-state index contributed by atoms with van der Waals surface area (Å²) in [5, 5.41) is 22.3. The molecule has 0 radical (unpaired) electrons. The zero-order valence-electron chi connectivity index (χ0n) is 16.9. The minimum atomic E-state index is -1.03. The predicted octanol–water partition coefficient (Wildman–Crippen LogP) is 4.74. The number of aliphatic hydroxyl groups excluding tert-OH is 2. The lowest BCUT2D eigenvalue weighted by atomic mass is 10.0. The van der Waals surface area contributed by atoms with Crippen molar-refractivity contribution in [3.63, 3.8) is 0 Å². The molecule has 0 aliphatic carbocycles. The molecule has 0 amide bonds. The van der Waals surface area contributed by atoms with Crippen molar-refractivity contribution in [3.05, 3.63) is 60.4 Å². The Labute approximate surface area is 187 Å². The van der Waals surface area contributed by atoms with E-state index in [1.807, 2.05) is 0 Å². The van der Waals surface area contributed by atoms with Crippen molar-refractivity contribution in [2.75, 3.05) is 28.4 Å². The van der Waals surface area contributed by atoms with E-state index in [4.69, 9.17) is 31.2 Å². The first kappa shape index (κ1) is 22.5. The number of aliphatic hydroxyl groups is 2. The van der Waals surface area contributed by atoms with Crippen LogP contribution < -0.4 is 18.9 Å². The van der Waals surface area contributed by atoms with Crippen LogP contribution in [0.1, 0.15) is 33.1 Å². The second kappa shape index (κ2) is 9.76. The predicted molar refractivity (Wildman–Crippen MR) is 120 cm³/mol. The highest BCUT2D eigenvalue weighted by molar-refractivity contribution is 7.76.